The summed E-state index contributed by atoms with van der Waals surface area (Å²) < 4.78 is 38.5. The molecule has 0 aliphatic carbocycles. The van der Waals surface area contributed by atoms with E-state index in [0.717, 1.165) is 24.3 Å². The van der Waals surface area contributed by atoms with E-state index < -0.39 is 25.7 Å². The van der Waals surface area contributed by atoms with Crippen molar-refractivity contribution in [3.63, 3.8) is 0 Å². The molecule has 4 aromatic rings. The van der Waals surface area contributed by atoms with Gasteiger partial charge in [-0.05, 0) is 48.5 Å². The zero-order valence-corrected chi connectivity index (χ0v) is 17.4. The molecule has 12 heteroatoms. The highest BCUT2D eigenvalue weighted by atomic mass is 32.2. The molecular weight excluding hydrogens is 453 g/mol. The van der Waals surface area contributed by atoms with Crippen molar-refractivity contribution in [1.82, 2.24) is 15.2 Å². The number of sulfone groups is 1. The molecule has 0 atom stereocenters. The van der Waals surface area contributed by atoms with Crippen molar-refractivity contribution in [3.05, 3.63) is 94.7 Å². The van der Waals surface area contributed by atoms with Gasteiger partial charge in [0.2, 0.25) is 9.84 Å². The van der Waals surface area contributed by atoms with Gasteiger partial charge in [0.25, 0.3) is 10.8 Å². The number of nitro benzene ring substituents is 1. The molecule has 166 valence electrons. The topological polar surface area (TPSA) is 148 Å². The lowest BCUT2D eigenvalue weighted by atomic mass is 10.1. The molecule has 0 fully saturated rings. The normalized spacial score (nSPS) is 11.2. The van der Waals surface area contributed by atoms with Gasteiger partial charge in [-0.2, -0.15) is 5.10 Å². The summed E-state index contributed by atoms with van der Waals surface area (Å²) in [4.78, 5) is 26.4. The van der Waals surface area contributed by atoms with E-state index in [4.69, 9.17) is 0 Å². The van der Waals surface area contributed by atoms with Crippen LogP contribution in [0.25, 0.3) is 11.3 Å². The molecule has 0 radical (unpaired) electrons. The summed E-state index contributed by atoms with van der Waals surface area (Å²) in [5.74, 6) is -0.392. The molecule has 0 saturated carbocycles. The SMILES string of the molecule is O=C(c1cc(-c2ccncc2Nc2ccc(F)cc2)n[nH]1)S(=O)(=O)c1ccc([N+](=O)[O-])cc1. The van der Waals surface area contributed by atoms with Crippen LogP contribution in [0.4, 0.5) is 21.5 Å². The third-order valence-electron chi connectivity index (χ3n) is 4.62. The van der Waals surface area contributed by atoms with Crippen LogP contribution < -0.4 is 5.32 Å². The Morgan fingerprint density at radius 3 is 2.42 bits per heavy atom. The van der Waals surface area contributed by atoms with Crippen LogP contribution in [-0.4, -0.2) is 33.6 Å². The number of anilines is 2. The number of H-pyrrole nitrogens is 1. The molecule has 2 aromatic heterocycles. The second-order valence-electron chi connectivity index (χ2n) is 6.76. The Hall–Kier alpha value is -4.45. The van der Waals surface area contributed by atoms with E-state index in [9.17, 15) is 27.7 Å². The highest BCUT2D eigenvalue weighted by molar-refractivity contribution is 8.06. The van der Waals surface area contributed by atoms with Gasteiger partial charge in [0, 0.05) is 29.6 Å². The number of pyridine rings is 1. The van der Waals surface area contributed by atoms with Crippen LogP contribution in [0.15, 0.2) is 78.0 Å². The lowest BCUT2D eigenvalue weighted by molar-refractivity contribution is -0.384. The summed E-state index contributed by atoms with van der Waals surface area (Å²) in [6.07, 6.45) is 3.00. The molecule has 0 aliphatic heterocycles. The number of hydrogen-bond acceptors (Lipinski definition) is 8. The molecular formula is C21H14FN5O5S. The lowest BCUT2D eigenvalue weighted by Crippen LogP contribution is -2.15. The van der Waals surface area contributed by atoms with E-state index in [1.165, 1.54) is 42.7 Å². The fraction of sp³-hybridized carbons (Fsp3) is 0. The van der Waals surface area contributed by atoms with Gasteiger partial charge in [-0.15, -0.1) is 0 Å². The van der Waals surface area contributed by atoms with Gasteiger partial charge in [-0.1, -0.05) is 0 Å². The maximum Gasteiger partial charge on any atom is 0.299 e. The van der Waals surface area contributed by atoms with Crippen molar-refractivity contribution >= 4 is 32.0 Å². The predicted molar refractivity (Wildman–Crippen MR) is 116 cm³/mol. The van der Waals surface area contributed by atoms with Gasteiger partial charge in [0.15, 0.2) is 0 Å². The van der Waals surface area contributed by atoms with Crippen LogP contribution in [-0.2, 0) is 9.84 Å². The molecule has 0 bridgehead atoms. The molecule has 2 aromatic carbocycles. The van der Waals surface area contributed by atoms with Gasteiger partial charge < -0.3 is 5.32 Å². The summed E-state index contributed by atoms with van der Waals surface area (Å²) in [6.45, 7) is 0. The van der Waals surface area contributed by atoms with Crippen LogP contribution in [0.1, 0.15) is 10.5 Å². The molecule has 4 rings (SSSR count). The largest absolute Gasteiger partial charge is 0.354 e. The maximum atomic E-state index is 13.2. The first-order chi connectivity index (χ1) is 15.8. The zero-order chi connectivity index (χ0) is 23.6. The molecule has 0 aliphatic rings. The molecule has 0 amide bonds. The Balaban J connectivity index is 1.62. The monoisotopic (exact) mass is 467 g/mol. The summed E-state index contributed by atoms with van der Waals surface area (Å²) in [5, 5.41) is 19.1. The van der Waals surface area contributed by atoms with E-state index in [1.54, 1.807) is 6.07 Å². The first-order valence-electron chi connectivity index (χ1n) is 9.32. The minimum atomic E-state index is -4.46. The van der Waals surface area contributed by atoms with Gasteiger partial charge >= 0.3 is 0 Å². The third-order valence-corrected chi connectivity index (χ3v) is 6.22. The lowest BCUT2D eigenvalue weighted by Gasteiger charge is -2.09. The highest BCUT2D eigenvalue weighted by Gasteiger charge is 2.29. The summed E-state index contributed by atoms with van der Waals surface area (Å²) in [6, 6.07) is 12.5. The summed E-state index contributed by atoms with van der Waals surface area (Å²) in [7, 11) is -4.46. The fourth-order valence-electron chi connectivity index (χ4n) is 2.97. The van der Waals surface area contributed by atoms with Crippen molar-refractivity contribution in [3.8, 4) is 11.3 Å². The van der Waals surface area contributed by atoms with Gasteiger partial charge in [-0.3, -0.25) is 25.0 Å². The number of rotatable bonds is 6. The third kappa shape index (κ3) is 4.45. The maximum absolute atomic E-state index is 13.2. The molecule has 33 heavy (non-hydrogen) atoms. The number of aromatic nitrogens is 3. The van der Waals surface area contributed by atoms with E-state index in [-0.39, 0.29) is 22.0 Å². The second-order valence-corrected chi connectivity index (χ2v) is 8.61. The zero-order valence-electron chi connectivity index (χ0n) is 16.6. The number of non-ortho nitro benzene ring substituents is 1. The Bertz CT molecular complexity index is 1450. The Morgan fingerprint density at radius 2 is 1.76 bits per heavy atom. The minimum absolute atomic E-state index is 0.268. The van der Waals surface area contributed by atoms with Crippen LogP contribution in [0.5, 0.6) is 0 Å². The number of carbonyl (C=O) groups is 1. The van der Waals surface area contributed by atoms with Crippen molar-refractivity contribution in [1.29, 1.82) is 0 Å². The van der Waals surface area contributed by atoms with Crippen LogP contribution >= 0.6 is 0 Å². The van der Waals surface area contributed by atoms with E-state index in [0.29, 0.717) is 16.9 Å². The van der Waals surface area contributed by atoms with Crippen molar-refractivity contribution in [2.45, 2.75) is 4.90 Å². The summed E-state index contributed by atoms with van der Waals surface area (Å²) in [5.41, 5.74) is 1.27. The first kappa shape index (κ1) is 21.8. The van der Waals surface area contributed by atoms with E-state index in [2.05, 4.69) is 20.5 Å². The van der Waals surface area contributed by atoms with Crippen LogP contribution in [0, 0.1) is 15.9 Å². The Morgan fingerprint density at radius 1 is 1.06 bits per heavy atom. The fourth-order valence-corrected chi connectivity index (χ4v) is 4.07. The van der Waals surface area contributed by atoms with E-state index >= 15 is 0 Å². The number of hydrogen-bond donors (Lipinski definition) is 2. The average Bonchev–Trinajstić information content (AvgIpc) is 3.30. The number of aromatic amines is 1. The molecule has 2 heterocycles. The number of halogens is 1. The van der Waals surface area contributed by atoms with E-state index in [1.807, 2.05) is 0 Å². The molecule has 2 N–H and O–H groups in total. The van der Waals surface area contributed by atoms with Crippen LogP contribution in [0.3, 0.4) is 0 Å². The average molecular weight is 467 g/mol. The smallest absolute Gasteiger partial charge is 0.299 e. The molecule has 0 spiro atoms. The molecule has 0 unspecified atom stereocenters. The standard InChI is InChI=1S/C21H14FN5O5S/c22-13-1-3-14(4-2-13)24-20-12-23-10-9-17(20)18-11-19(26-25-18)21(28)33(31,32)16-7-5-15(6-8-16)27(29)30/h1-12,24H,(H,25,26). The minimum Gasteiger partial charge on any atom is -0.354 e. The number of benzene rings is 2. The first-order valence-corrected chi connectivity index (χ1v) is 10.8. The van der Waals surface area contributed by atoms with Crippen molar-refractivity contribution in [2.75, 3.05) is 5.32 Å². The quantitative estimate of drug-likeness (QED) is 0.321. The Labute approximate surface area is 186 Å². The number of nitrogens with one attached hydrogen (secondary N) is 2. The number of carbonyl (C=O) groups excluding carboxylic acids is 1. The van der Waals surface area contributed by atoms with Crippen LogP contribution in [0.2, 0.25) is 0 Å². The Kier molecular flexibility index (Phi) is 5.67. The van der Waals surface area contributed by atoms with Gasteiger partial charge in [-0.25, -0.2) is 12.8 Å². The van der Waals surface area contributed by atoms with Gasteiger partial charge in [0.05, 0.1) is 27.4 Å². The van der Waals surface area contributed by atoms with Crippen molar-refractivity contribution < 1.29 is 22.5 Å². The second kappa shape index (κ2) is 8.59. The predicted octanol–water partition coefficient (Wildman–Crippen LogP) is 3.88. The molecule has 0 saturated heterocycles. The molecule has 10 nitrogen and oxygen atoms in total. The highest BCUT2D eigenvalue weighted by Crippen LogP contribution is 2.29. The number of nitro groups is 1. The van der Waals surface area contributed by atoms with Crippen molar-refractivity contribution in [2.24, 2.45) is 0 Å². The summed E-state index contributed by atoms with van der Waals surface area (Å²) >= 11 is 0. The van der Waals surface area contributed by atoms with Gasteiger partial charge in [0.1, 0.15) is 11.5 Å². The number of nitrogens with zero attached hydrogens (tertiary/aromatic N) is 3.